The summed E-state index contributed by atoms with van der Waals surface area (Å²) in [5, 5.41) is 11.9. The van der Waals surface area contributed by atoms with Crippen molar-refractivity contribution in [3.8, 4) is 5.75 Å². The summed E-state index contributed by atoms with van der Waals surface area (Å²) in [4.78, 5) is 11.7. The largest absolute Gasteiger partial charge is 0.493 e. The third-order valence-corrected chi connectivity index (χ3v) is 2.99. The van der Waals surface area contributed by atoms with Gasteiger partial charge in [-0.3, -0.25) is 4.79 Å². The highest BCUT2D eigenvalue weighted by Crippen LogP contribution is 2.16. The number of ether oxygens (including phenoxy) is 1. The van der Waals surface area contributed by atoms with Crippen molar-refractivity contribution >= 4 is 5.91 Å². The summed E-state index contributed by atoms with van der Waals surface area (Å²) in [7, 11) is 0. The highest BCUT2D eigenvalue weighted by atomic mass is 16.5. The van der Waals surface area contributed by atoms with Gasteiger partial charge < -0.3 is 15.2 Å². The van der Waals surface area contributed by atoms with Crippen LogP contribution in [0.1, 0.15) is 31.4 Å². The third kappa shape index (κ3) is 6.06. The van der Waals surface area contributed by atoms with Crippen LogP contribution < -0.4 is 10.1 Å². The van der Waals surface area contributed by atoms with Crippen molar-refractivity contribution < 1.29 is 14.6 Å². The molecule has 1 aromatic rings. The van der Waals surface area contributed by atoms with Gasteiger partial charge in [0.15, 0.2) is 0 Å². The van der Waals surface area contributed by atoms with E-state index in [1.807, 2.05) is 39.8 Å². The van der Waals surface area contributed by atoms with Crippen molar-refractivity contribution in [2.45, 2.75) is 34.1 Å². The number of carbonyl (C=O) groups excluding carboxylic acids is 1. The van der Waals surface area contributed by atoms with Crippen molar-refractivity contribution in [1.29, 1.82) is 0 Å². The Morgan fingerprint density at radius 1 is 1.25 bits per heavy atom. The molecule has 1 amide bonds. The average molecular weight is 279 g/mol. The Morgan fingerprint density at radius 3 is 2.40 bits per heavy atom. The maximum atomic E-state index is 11.7. The quantitative estimate of drug-likeness (QED) is 0.804. The van der Waals surface area contributed by atoms with Gasteiger partial charge in [-0.2, -0.15) is 0 Å². The zero-order chi connectivity index (χ0) is 15.2. The molecule has 0 saturated heterocycles. The molecule has 0 aliphatic heterocycles. The molecule has 0 heterocycles. The smallest absolute Gasteiger partial charge is 0.223 e. The van der Waals surface area contributed by atoms with E-state index in [1.54, 1.807) is 0 Å². The molecule has 112 valence electrons. The Balaban J connectivity index is 2.31. The van der Waals surface area contributed by atoms with Crippen molar-refractivity contribution in [3.05, 3.63) is 29.3 Å². The first kappa shape index (κ1) is 16.5. The summed E-state index contributed by atoms with van der Waals surface area (Å²) < 4.78 is 5.59. The van der Waals surface area contributed by atoms with Gasteiger partial charge in [-0.25, -0.2) is 0 Å². The second-order valence-electron chi connectivity index (χ2n) is 6.02. The maximum Gasteiger partial charge on any atom is 0.223 e. The predicted octanol–water partition coefficient (Wildman–Crippen LogP) is 2.21. The number of hydrogen-bond acceptors (Lipinski definition) is 3. The number of aliphatic hydroxyl groups is 1. The van der Waals surface area contributed by atoms with E-state index in [1.165, 1.54) is 0 Å². The molecule has 0 spiro atoms. The van der Waals surface area contributed by atoms with E-state index in [0.29, 0.717) is 19.6 Å². The van der Waals surface area contributed by atoms with Gasteiger partial charge in [-0.15, -0.1) is 0 Å². The first-order valence-electron chi connectivity index (χ1n) is 6.91. The number of rotatable bonds is 7. The van der Waals surface area contributed by atoms with Crippen molar-refractivity contribution in [2.75, 3.05) is 19.8 Å². The molecule has 1 rings (SSSR count). The van der Waals surface area contributed by atoms with Crippen LogP contribution in [0.5, 0.6) is 5.75 Å². The second-order valence-corrected chi connectivity index (χ2v) is 6.02. The fourth-order valence-electron chi connectivity index (χ4n) is 1.76. The van der Waals surface area contributed by atoms with Gasteiger partial charge in [-0.05, 0) is 37.1 Å². The Labute approximate surface area is 121 Å². The van der Waals surface area contributed by atoms with E-state index in [2.05, 4.69) is 11.4 Å². The molecule has 0 aromatic heterocycles. The Bertz CT molecular complexity index is 435. The lowest BCUT2D eigenvalue weighted by Crippen LogP contribution is -2.36. The average Bonchev–Trinajstić information content (AvgIpc) is 2.35. The van der Waals surface area contributed by atoms with Crippen molar-refractivity contribution in [3.63, 3.8) is 0 Å². The molecule has 0 bridgehead atoms. The SMILES string of the molecule is Cc1cc(C)cc(OCCC(=O)NCC(C)(C)CO)c1. The Kier molecular flexibility index (Phi) is 6.02. The van der Waals surface area contributed by atoms with Crippen LogP contribution in [-0.2, 0) is 4.79 Å². The Hall–Kier alpha value is -1.55. The molecule has 2 N–H and O–H groups in total. The Morgan fingerprint density at radius 2 is 1.85 bits per heavy atom. The van der Waals surface area contributed by atoms with Crippen LogP contribution >= 0.6 is 0 Å². The number of carbonyl (C=O) groups is 1. The first-order valence-corrected chi connectivity index (χ1v) is 6.91. The molecule has 0 fully saturated rings. The molecule has 4 nitrogen and oxygen atoms in total. The summed E-state index contributed by atoms with van der Waals surface area (Å²) in [5.41, 5.74) is 2.01. The molecular weight excluding hydrogens is 254 g/mol. The van der Waals surface area contributed by atoms with E-state index in [-0.39, 0.29) is 17.9 Å². The number of nitrogens with one attached hydrogen (secondary N) is 1. The standard InChI is InChI=1S/C16H25NO3/c1-12-7-13(2)9-14(8-12)20-6-5-15(19)17-10-16(3,4)11-18/h7-9,18H,5-6,10-11H2,1-4H3,(H,17,19). The van der Waals surface area contributed by atoms with Gasteiger partial charge in [-0.1, -0.05) is 19.9 Å². The molecule has 0 unspecified atom stereocenters. The number of aliphatic hydroxyl groups excluding tert-OH is 1. The maximum absolute atomic E-state index is 11.7. The molecule has 0 atom stereocenters. The third-order valence-electron chi connectivity index (χ3n) is 2.99. The number of hydrogen-bond donors (Lipinski definition) is 2. The summed E-state index contributed by atoms with van der Waals surface area (Å²) in [6, 6.07) is 6.00. The minimum Gasteiger partial charge on any atom is -0.493 e. The molecule has 20 heavy (non-hydrogen) atoms. The predicted molar refractivity (Wildman–Crippen MR) is 79.9 cm³/mol. The lowest BCUT2D eigenvalue weighted by atomic mass is 9.95. The minimum atomic E-state index is -0.288. The summed E-state index contributed by atoms with van der Waals surface area (Å²) in [6.45, 7) is 8.71. The second kappa shape index (κ2) is 7.29. The molecule has 0 radical (unpaired) electrons. The highest BCUT2D eigenvalue weighted by molar-refractivity contribution is 5.76. The van der Waals surface area contributed by atoms with Gasteiger partial charge >= 0.3 is 0 Å². The highest BCUT2D eigenvalue weighted by Gasteiger charge is 2.17. The molecule has 0 saturated carbocycles. The molecule has 4 heteroatoms. The summed E-state index contributed by atoms with van der Waals surface area (Å²) in [5.74, 6) is 0.738. The van der Waals surface area contributed by atoms with Crippen LogP contribution in [0.2, 0.25) is 0 Å². The molecule has 0 aliphatic carbocycles. The number of benzene rings is 1. The number of amides is 1. The monoisotopic (exact) mass is 279 g/mol. The van der Waals surface area contributed by atoms with Crippen molar-refractivity contribution in [2.24, 2.45) is 5.41 Å². The lowest BCUT2D eigenvalue weighted by Gasteiger charge is -2.21. The van der Waals surface area contributed by atoms with Gasteiger partial charge in [0.2, 0.25) is 5.91 Å². The van der Waals surface area contributed by atoms with Gasteiger partial charge in [0.1, 0.15) is 5.75 Å². The van der Waals surface area contributed by atoms with E-state index in [4.69, 9.17) is 9.84 Å². The van der Waals surface area contributed by atoms with Gasteiger partial charge in [0.25, 0.3) is 0 Å². The molecular formula is C16H25NO3. The van der Waals surface area contributed by atoms with Crippen molar-refractivity contribution in [1.82, 2.24) is 5.32 Å². The van der Waals surface area contributed by atoms with Crippen LogP contribution in [0.25, 0.3) is 0 Å². The van der Waals surface area contributed by atoms with Crippen LogP contribution in [-0.4, -0.2) is 30.8 Å². The summed E-state index contributed by atoms with van der Waals surface area (Å²) >= 11 is 0. The molecule has 1 aromatic carbocycles. The van der Waals surface area contributed by atoms with Gasteiger partial charge in [0.05, 0.1) is 13.0 Å². The molecule has 0 aliphatic rings. The fourth-order valence-corrected chi connectivity index (χ4v) is 1.76. The van der Waals surface area contributed by atoms with Crippen LogP contribution in [0.4, 0.5) is 0 Å². The number of aryl methyl sites for hydroxylation is 2. The topological polar surface area (TPSA) is 58.6 Å². The zero-order valence-corrected chi connectivity index (χ0v) is 12.8. The van der Waals surface area contributed by atoms with E-state index < -0.39 is 0 Å². The van der Waals surface area contributed by atoms with Crippen LogP contribution in [0, 0.1) is 19.3 Å². The van der Waals surface area contributed by atoms with E-state index >= 15 is 0 Å². The fraction of sp³-hybridized carbons (Fsp3) is 0.562. The van der Waals surface area contributed by atoms with Gasteiger partial charge in [0, 0.05) is 18.6 Å². The van der Waals surface area contributed by atoms with E-state index in [9.17, 15) is 4.79 Å². The van der Waals surface area contributed by atoms with Crippen LogP contribution in [0.15, 0.2) is 18.2 Å². The lowest BCUT2D eigenvalue weighted by molar-refractivity contribution is -0.122. The summed E-state index contributed by atoms with van der Waals surface area (Å²) in [6.07, 6.45) is 0.314. The van der Waals surface area contributed by atoms with Crippen LogP contribution in [0.3, 0.4) is 0 Å². The normalized spacial score (nSPS) is 11.2. The zero-order valence-electron chi connectivity index (χ0n) is 12.8. The minimum absolute atomic E-state index is 0.0480. The van der Waals surface area contributed by atoms with E-state index in [0.717, 1.165) is 16.9 Å². The first-order chi connectivity index (χ1) is 9.32.